The van der Waals surface area contributed by atoms with Gasteiger partial charge in [-0.15, -0.1) is 0 Å². The first kappa shape index (κ1) is 17.6. The van der Waals surface area contributed by atoms with Crippen LogP contribution in [0.2, 0.25) is 15.1 Å². The quantitative estimate of drug-likeness (QED) is 0.520. The summed E-state index contributed by atoms with van der Waals surface area (Å²) >= 11 is 18.3. The molecule has 1 aromatic heterocycles. The molecule has 0 saturated heterocycles. The highest BCUT2D eigenvalue weighted by Crippen LogP contribution is 2.34. The Morgan fingerprint density at radius 2 is 1.60 bits per heavy atom. The fourth-order valence-electron chi connectivity index (χ4n) is 2.18. The zero-order valence-corrected chi connectivity index (χ0v) is 15.4. The van der Waals surface area contributed by atoms with E-state index in [-0.39, 0.29) is 0 Å². The van der Waals surface area contributed by atoms with Gasteiger partial charge in [0.25, 0.3) is 0 Å². The van der Waals surface area contributed by atoms with E-state index in [0.717, 1.165) is 11.3 Å². The van der Waals surface area contributed by atoms with Crippen LogP contribution in [0, 0.1) is 6.92 Å². The fraction of sp³-hybridized carbons (Fsp3) is 0.0588. The van der Waals surface area contributed by atoms with Crippen molar-refractivity contribution in [2.75, 3.05) is 16.4 Å². The molecule has 8 heteroatoms. The molecule has 0 aliphatic heterocycles. The summed E-state index contributed by atoms with van der Waals surface area (Å²) < 4.78 is 0. The van der Waals surface area contributed by atoms with E-state index >= 15 is 0 Å². The highest BCUT2D eigenvalue weighted by Gasteiger charge is 2.12. The second-order valence-electron chi connectivity index (χ2n) is 5.30. The summed E-state index contributed by atoms with van der Waals surface area (Å²) in [6.45, 7) is 1.96. The number of nitrogen functional groups attached to an aromatic ring is 1. The van der Waals surface area contributed by atoms with E-state index < -0.39 is 0 Å². The number of benzene rings is 2. The molecule has 0 radical (unpaired) electrons. The first-order valence-corrected chi connectivity index (χ1v) is 8.44. The van der Waals surface area contributed by atoms with Crippen molar-refractivity contribution in [3.8, 4) is 0 Å². The third-order valence-electron chi connectivity index (χ3n) is 3.54. The van der Waals surface area contributed by atoms with E-state index in [2.05, 4.69) is 20.6 Å². The van der Waals surface area contributed by atoms with Gasteiger partial charge in [0.05, 0.1) is 15.7 Å². The van der Waals surface area contributed by atoms with Crippen LogP contribution in [0.25, 0.3) is 0 Å². The maximum atomic E-state index is 6.20. The Morgan fingerprint density at radius 3 is 2.32 bits per heavy atom. The lowest BCUT2D eigenvalue weighted by atomic mass is 10.2. The number of aryl methyl sites for hydroxylation is 1. The molecule has 25 heavy (non-hydrogen) atoms. The second kappa shape index (κ2) is 7.35. The average molecular weight is 395 g/mol. The predicted octanol–water partition coefficient (Wildman–Crippen LogP) is 5.81. The van der Waals surface area contributed by atoms with E-state index in [9.17, 15) is 0 Å². The molecule has 1 heterocycles. The molecule has 0 bridgehead atoms. The van der Waals surface area contributed by atoms with Crippen molar-refractivity contribution in [3.63, 3.8) is 0 Å². The van der Waals surface area contributed by atoms with E-state index in [0.29, 0.717) is 38.1 Å². The van der Waals surface area contributed by atoms with Gasteiger partial charge in [-0.1, -0.05) is 46.9 Å². The lowest BCUT2D eigenvalue weighted by Crippen LogP contribution is -2.06. The van der Waals surface area contributed by atoms with Gasteiger partial charge in [0.2, 0.25) is 0 Å². The first-order valence-electron chi connectivity index (χ1n) is 7.30. The van der Waals surface area contributed by atoms with Crippen LogP contribution in [0.4, 0.5) is 28.7 Å². The highest BCUT2D eigenvalue weighted by atomic mass is 35.5. The van der Waals surface area contributed by atoms with Crippen molar-refractivity contribution in [1.82, 2.24) is 9.97 Å². The Hall–Kier alpha value is -2.21. The number of aromatic nitrogens is 2. The molecule has 0 amide bonds. The Morgan fingerprint density at radius 1 is 0.920 bits per heavy atom. The Balaban J connectivity index is 1.92. The minimum absolute atomic E-state index is 0.345. The number of nitrogens with two attached hydrogens (primary N) is 1. The molecule has 4 N–H and O–H groups in total. The van der Waals surface area contributed by atoms with Gasteiger partial charge in [-0.05, 0) is 36.8 Å². The average Bonchev–Trinajstić information content (AvgIpc) is 2.58. The van der Waals surface area contributed by atoms with E-state index in [1.165, 1.54) is 6.33 Å². The Kier molecular flexibility index (Phi) is 5.18. The third-order valence-corrected chi connectivity index (χ3v) is 4.60. The van der Waals surface area contributed by atoms with Crippen LogP contribution in [0.15, 0.2) is 42.7 Å². The maximum Gasteiger partial charge on any atom is 0.159 e. The molecule has 0 spiro atoms. The van der Waals surface area contributed by atoms with E-state index in [4.69, 9.17) is 40.5 Å². The minimum Gasteiger partial charge on any atom is -0.393 e. The molecule has 0 saturated carbocycles. The molecule has 0 unspecified atom stereocenters. The summed E-state index contributed by atoms with van der Waals surface area (Å²) in [6.07, 6.45) is 1.40. The van der Waals surface area contributed by atoms with Crippen molar-refractivity contribution >= 4 is 63.5 Å². The molecular weight excluding hydrogens is 381 g/mol. The van der Waals surface area contributed by atoms with Crippen molar-refractivity contribution in [3.05, 3.63) is 63.4 Å². The number of rotatable bonds is 4. The van der Waals surface area contributed by atoms with Crippen LogP contribution in [-0.4, -0.2) is 9.97 Å². The molecule has 3 aromatic rings. The smallest absolute Gasteiger partial charge is 0.159 e. The van der Waals surface area contributed by atoms with Crippen molar-refractivity contribution in [2.45, 2.75) is 6.92 Å². The zero-order chi connectivity index (χ0) is 18.0. The topological polar surface area (TPSA) is 75.9 Å². The van der Waals surface area contributed by atoms with Gasteiger partial charge in [0, 0.05) is 10.7 Å². The van der Waals surface area contributed by atoms with Crippen molar-refractivity contribution in [1.29, 1.82) is 0 Å². The van der Waals surface area contributed by atoms with E-state index in [1.54, 1.807) is 24.3 Å². The van der Waals surface area contributed by atoms with Gasteiger partial charge in [-0.2, -0.15) is 0 Å². The van der Waals surface area contributed by atoms with Crippen LogP contribution >= 0.6 is 34.8 Å². The normalized spacial score (nSPS) is 10.6. The van der Waals surface area contributed by atoms with Crippen LogP contribution in [-0.2, 0) is 0 Å². The largest absolute Gasteiger partial charge is 0.393 e. The lowest BCUT2D eigenvalue weighted by Gasteiger charge is -2.15. The minimum atomic E-state index is 0.345. The number of halogens is 3. The summed E-state index contributed by atoms with van der Waals surface area (Å²) in [4.78, 5) is 8.37. The fourth-order valence-corrected chi connectivity index (χ4v) is 2.70. The third kappa shape index (κ3) is 3.90. The van der Waals surface area contributed by atoms with Gasteiger partial charge in [0.1, 0.15) is 12.0 Å². The van der Waals surface area contributed by atoms with Crippen molar-refractivity contribution < 1.29 is 0 Å². The number of hydrogen-bond donors (Lipinski definition) is 3. The molecule has 0 aliphatic carbocycles. The van der Waals surface area contributed by atoms with Crippen LogP contribution in [0.5, 0.6) is 0 Å². The monoisotopic (exact) mass is 393 g/mol. The molecule has 0 aliphatic rings. The van der Waals surface area contributed by atoms with Crippen LogP contribution < -0.4 is 16.4 Å². The molecule has 128 valence electrons. The number of anilines is 5. The van der Waals surface area contributed by atoms with Crippen LogP contribution in [0.1, 0.15) is 5.56 Å². The Bertz CT molecular complexity index is 908. The SMILES string of the molecule is Cc1ccc(Cl)cc1Nc1ncnc(Nc2cccc(Cl)c2Cl)c1N. The standard InChI is InChI=1S/C17H14Cl3N5/c1-9-5-6-10(18)7-13(9)25-17-15(21)16(22-8-23-17)24-12-4-2-3-11(19)14(12)20/h2-8H,21H2,1H3,(H2,22,23,24,25). The molecule has 0 fully saturated rings. The molecule has 5 nitrogen and oxygen atoms in total. The first-order chi connectivity index (χ1) is 12.0. The summed E-state index contributed by atoms with van der Waals surface area (Å²) in [6, 6.07) is 10.8. The molecule has 2 aromatic carbocycles. The molecule has 0 atom stereocenters. The Labute approximate surface area is 160 Å². The van der Waals surface area contributed by atoms with Crippen molar-refractivity contribution in [2.24, 2.45) is 0 Å². The second-order valence-corrected chi connectivity index (χ2v) is 6.52. The number of hydrogen-bond acceptors (Lipinski definition) is 5. The summed E-state index contributed by atoms with van der Waals surface area (Å²) in [5.74, 6) is 0.877. The van der Waals surface area contributed by atoms with Gasteiger partial charge in [-0.25, -0.2) is 9.97 Å². The molecule has 3 rings (SSSR count). The van der Waals surface area contributed by atoms with Gasteiger partial charge < -0.3 is 16.4 Å². The van der Waals surface area contributed by atoms with Gasteiger partial charge in [-0.3, -0.25) is 0 Å². The summed E-state index contributed by atoms with van der Waals surface area (Å²) in [5.41, 5.74) is 8.96. The number of nitrogens with one attached hydrogen (secondary N) is 2. The maximum absolute atomic E-state index is 6.20. The predicted molar refractivity (Wildman–Crippen MR) is 106 cm³/mol. The van der Waals surface area contributed by atoms with E-state index in [1.807, 2.05) is 19.1 Å². The van der Waals surface area contributed by atoms with Gasteiger partial charge in [0.15, 0.2) is 11.6 Å². The number of nitrogens with zero attached hydrogens (tertiary/aromatic N) is 2. The van der Waals surface area contributed by atoms with Gasteiger partial charge >= 0.3 is 0 Å². The summed E-state index contributed by atoms with van der Waals surface area (Å²) in [7, 11) is 0. The van der Waals surface area contributed by atoms with Crippen LogP contribution in [0.3, 0.4) is 0 Å². The highest BCUT2D eigenvalue weighted by molar-refractivity contribution is 6.43. The zero-order valence-electron chi connectivity index (χ0n) is 13.1. The lowest BCUT2D eigenvalue weighted by molar-refractivity contribution is 1.17. The molecular formula is C17H14Cl3N5. The summed E-state index contributed by atoms with van der Waals surface area (Å²) in [5, 5.41) is 7.69.